The van der Waals surface area contributed by atoms with E-state index in [2.05, 4.69) is 6.92 Å². The van der Waals surface area contributed by atoms with Gasteiger partial charge in [-0.25, -0.2) is 0 Å². The van der Waals surface area contributed by atoms with Gasteiger partial charge in [-0.2, -0.15) is 0 Å². The van der Waals surface area contributed by atoms with Gasteiger partial charge in [0.05, 0.1) is 0 Å². The molecule has 0 atom stereocenters. The van der Waals surface area contributed by atoms with Crippen LogP contribution < -0.4 is 0 Å². The minimum Gasteiger partial charge on any atom is -0.291 e. The maximum atomic E-state index is 10.9. The van der Waals surface area contributed by atoms with Crippen LogP contribution >= 0.6 is 0 Å². The summed E-state index contributed by atoms with van der Waals surface area (Å²) in [6.07, 6.45) is 11.6. The third kappa shape index (κ3) is 9.39. The van der Waals surface area contributed by atoms with Crippen LogP contribution in [0.15, 0.2) is 12.2 Å². The molecule has 0 spiro atoms. The Labute approximate surface area is 92.8 Å². The van der Waals surface area contributed by atoms with Crippen LogP contribution in [0.25, 0.3) is 0 Å². The highest BCUT2D eigenvalue weighted by Gasteiger charge is 2.00. The monoisotopic (exact) mass is 210 g/mol. The maximum Gasteiger partial charge on any atom is 0.220 e. The van der Waals surface area contributed by atoms with Crippen LogP contribution in [0.2, 0.25) is 0 Å². The summed E-state index contributed by atoms with van der Waals surface area (Å²) in [4.78, 5) is 21.5. The molecule has 0 saturated heterocycles. The van der Waals surface area contributed by atoms with Crippen molar-refractivity contribution < 1.29 is 9.59 Å². The van der Waals surface area contributed by atoms with Crippen LogP contribution in [0.4, 0.5) is 0 Å². The van der Waals surface area contributed by atoms with Gasteiger partial charge in [-0.15, -0.1) is 0 Å². The van der Waals surface area contributed by atoms with Crippen molar-refractivity contribution in [3.05, 3.63) is 12.2 Å². The van der Waals surface area contributed by atoms with Gasteiger partial charge in [0.25, 0.3) is 0 Å². The average Bonchev–Trinajstić information content (AvgIpc) is 2.21. The fourth-order valence-corrected chi connectivity index (χ4v) is 1.35. The lowest BCUT2D eigenvalue weighted by Gasteiger charge is -1.97. The van der Waals surface area contributed by atoms with E-state index in [1.807, 2.05) is 6.08 Å². The molecule has 0 saturated carbocycles. The molecule has 0 aromatic carbocycles. The van der Waals surface area contributed by atoms with Gasteiger partial charge in [0.2, 0.25) is 5.78 Å². The number of carbonyl (C=O) groups is 2. The van der Waals surface area contributed by atoms with E-state index in [-0.39, 0.29) is 11.6 Å². The number of allylic oxidation sites excluding steroid dienone is 2. The Hall–Kier alpha value is -0.920. The van der Waals surface area contributed by atoms with Crippen LogP contribution in [-0.4, -0.2) is 11.6 Å². The quantitative estimate of drug-likeness (QED) is 0.332. The number of unbranched alkanes of at least 4 members (excludes halogenated alkanes) is 6. The number of ketones is 2. The summed E-state index contributed by atoms with van der Waals surface area (Å²) in [5.74, 6) is -0.768. The second-order valence-electron chi connectivity index (χ2n) is 3.88. The van der Waals surface area contributed by atoms with Gasteiger partial charge >= 0.3 is 0 Å². The number of carbonyl (C=O) groups excluding carboxylic acids is 2. The van der Waals surface area contributed by atoms with Gasteiger partial charge in [-0.05, 0) is 18.9 Å². The Kier molecular flexibility index (Phi) is 9.04. The van der Waals surface area contributed by atoms with Crippen molar-refractivity contribution in [3.63, 3.8) is 0 Å². The first-order valence-corrected chi connectivity index (χ1v) is 5.90. The molecule has 0 aromatic rings. The Balaban J connectivity index is 3.31. The normalized spacial score (nSPS) is 10.8. The SMILES string of the molecule is CCCCCCCCC=CC(=O)C(C)=O. The summed E-state index contributed by atoms with van der Waals surface area (Å²) in [5.41, 5.74) is 0. The number of hydrogen-bond acceptors (Lipinski definition) is 2. The van der Waals surface area contributed by atoms with E-state index in [0.29, 0.717) is 0 Å². The maximum absolute atomic E-state index is 10.9. The predicted octanol–water partition coefficient (Wildman–Crippen LogP) is 3.45. The molecule has 0 N–H and O–H groups in total. The van der Waals surface area contributed by atoms with Crippen LogP contribution in [-0.2, 0) is 9.59 Å². The van der Waals surface area contributed by atoms with Gasteiger partial charge in [0.15, 0.2) is 5.78 Å². The first kappa shape index (κ1) is 14.1. The third-order valence-corrected chi connectivity index (χ3v) is 2.34. The van der Waals surface area contributed by atoms with Crippen LogP contribution in [0.1, 0.15) is 58.8 Å². The van der Waals surface area contributed by atoms with Crippen molar-refractivity contribution in [2.75, 3.05) is 0 Å². The van der Waals surface area contributed by atoms with Gasteiger partial charge in [0, 0.05) is 6.92 Å². The molecule has 15 heavy (non-hydrogen) atoms. The molecule has 0 aromatic heterocycles. The lowest BCUT2D eigenvalue weighted by Crippen LogP contribution is -2.04. The molecule has 0 heterocycles. The Morgan fingerprint density at radius 3 is 2.20 bits per heavy atom. The molecule has 2 heteroatoms. The standard InChI is InChI=1S/C13H22O2/c1-3-4-5-6-7-8-9-10-11-13(15)12(2)14/h10-11H,3-9H2,1-2H3. The average molecular weight is 210 g/mol. The Bertz CT molecular complexity index is 217. The van der Waals surface area contributed by atoms with Gasteiger partial charge in [-0.3, -0.25) is 9.59 Å². The highest BCUT2D eigenvalue weighted by Crippen LogP contribution is 2.07. The molecule has 0 radical (unpaired) electrons. The Morgan fingerprint density at radius 1 is 1.00 bits per heavy atom. The van der Waals surface area contributed by atoms with Crippen LogP contribution in [0.3, 0.4) is 0 Å². The zero-order valence-electron chi connectivity index (χ0n) is 9.92. The molecule has 0 amide bonds. The van der Waals surface area contributed by atoms with Crippen molar-refractivity contribution >= 4 is 11.6 Å². The van der Waals surface area contributed by atoms with E-state index in [1.54, 1.807) is 0 Å². The van der Waals surface area contributed by atoms with Crippen molar-refractivity contribution in [3.8, 4) is 0 Å². The van der Waals surface area contributed by atoms with Crippen molar-refractivity contribution in [1.82, 2.24) is 0 Å². The highest BCUT2D eigenvalue weighted by molar-refractivity contribution is 6.40. The smallest absolute Gasteiger partial charge is 0.220 e. The second kappa shape index (κ2) is 9.63. The number of hydrogen-bond donors (Lipinski definition) is 0. The van der Waals surface area contributed by atoms with E-state index in [4.69, 9.17) is 0 Å². The van der Waals surface area contributed by atoms with E-state index in [1.165, 1.54) is 45.1 Å². The zero-order chi connectivity index (χ0) is 11.5. The summed E-state index contributed by atoms with van der Waals surface area (Å²) in [7, 11) is 0. The molecule has 0 bridgehead atoms. The lowest BCUT2D eigenvalue weighted by molar-refractivity contribution is -0.132. The van der Waals surface area contributed by atoms with Crippen molar-refractivity contribution in [2.24, 2.45) is 0 Å². The summed E-state index contributed by atoms with van der Waals surface area (Å²) >= 11 is 0. The van der Waals surface area contributed by atoms with E-state index in [9.17, 15) is 9.59 Å². The largest absolute Gasteiger partial charge is 0.291 e. The first-order chi connectivity index (χ1) is 7.18. The predicted molar refractivity (Wildman–Crippen MR) is 62.8 cm³/mol. The summed E-state index contributed by atoms with van der Waals surface area (Å²) in [5, 5.41) is 0. The molecule has 0 aliphatic heterocycles. The molecular formula is C13H22O2. The molecular weight excluding hydrogens is 188 g/mol. The molecule has 0 aliphatic carbocycles. The number of Topliss-reactive ketones (excluding diaryl/α,β-unsaturated/α-hetero) is 1. The summed E-state index contributed by atoms with van der Waals surface area (Å²) in [6, 6.07) is 0. The minimum atomic E-state index is -0.388. The van der Waals surface area contributed by atoms with Crippen LogP contribution in [0.5, 0.6) is 0 Å². The molecule has 86 valence electrons. The fraction of sp³-hybridized carbons (Fsp3) is 0.692. The molecule has 0 rings (SSSR count). The van der Waals surface area contributed by atoms with E-state index < -0.39 is 0 Å². The first-order valence-electron chi connectivity index (χ1n) is 5.90. The molecule has 0 unspecified atom stereocenters. The highest BCUT2D eigenvalue weighted by atomic mass is 16.2. The van der Waals surface area contributed by atoms with Gasteiger partial charge < -0.3 is 0 Å². The zero-order valence-corrected chi connectivity index (χ0v) is 9.92. The van der Waals surface area contributed by atoms with Crippen molar-refractivity contribution in [2.45, 2.75) is 58.8 Å². The topological polar surface area (TPSA) is 34.1 Å². The lowest BCUT2D eigenvalue weighted by atomic mass is 10.1. The van der Waals surface area contributed by atoms with E-state index in [0.717, 1.165) is 12.8 Å². The minimum absolute atomic E-state index is 0.380. The summed E-state index contributed by atoms with van der Waals surface area (Å²) < 4.78 is 0. The van der Waals surface area contributed by atoms with Gasteiger partial charge in [0.1, 0.15) is 0 Å². The summed E-state index contributed by atoms with van der Waals surface area (Å²) in [6.45, 7) is 3.51. The molecule has 0 aliphatic rings. The molecule has 0 fully saturated rings. The Morgan fingerprint density at radius 2 is 1.60 bits per heavy atom. The number of rotatable bonds is 9. The second-order valence-corrected chi connectivity index (χ2v) is 3.88. The molecule has 2 nitrogen and oxygen atoms in total. The van der Waals surface area contributed by atoms with E-state index >= 15 is 0 Å². The van der Waals surface area contributed by atoms with Crippen molar-refractivity contribution in [1.29, 1.82) is 0 Å². The van der Waals surface area contributed by atoms with Gasteiger partial charge in [-0.1, -0.05) is 45.1 Å². The third-order valence-electron chi connectivity index (χ3n) is 2.34. The fourth-order valence-electron chi connectivity index (χ4n) is 1.35. The van der Waals surface area contributed by atoms with Crippen LogP contribution in [0, 0.1) is 0 Å².